The summed E-state index contributed by atoms with van der Waals surface area (Å²) in [7, 11) is 0. The van der Waals surface area contributed by atoms with Crippen LogP contribution in [0.4, 0.5) is 5.69 Å². The van der Waals surface area contributed by atoms with Gasteiger partial charge in [-0.05, 0) is 41.4 Å². The quantitative estimate of drug-likeness (QED) is 0.164. The number of carbonyl (C=O) groups excluding carboxylic acids is 2. The van der Waals surface area contributed by atoms with Crippen LogP contribution < -0.4 is 19.9 Å². The van der Waals surface area contributed by atoms with Crippen LogP contribution in [0, 0.1) is 0 Å². The lowest BCUT2D eigenvalue weighted by Crippen LogP contribution is -2.60. The molecule has 1 aromatic heterocycles. The van der Waals surface area contributed by atoms with Crippen molar-refractivity contribution in [3.63, 3.8) is 0 Å². The van der Waals surface area contributed by atoms with Gasteiger partial charge in [0.25, 0.3) is 6.17 Å². The molecular formula is C24H24BrN4O4S+. The zero-order chi connectivity index (χ0) is 24.4. The van der Waals surface area contributed by atoms with E-state index in [1.165, 1.54) is 25.6 Å². The van der Waals surface area contributed by atoms with Gasteiger partial charge in [-0.25, -0.2) is 4.90 Å². The van der Waals surface area contributed by atoms with E-state index in [1.807, 2.05) is 12.1 Å². The molecule has 0 aliphatic carbocycles. The van der Waals surface area contributed by atoms with Crippen molar-refractivity contribution in [1.82, 2.24) is 10.1 Å². The van der Waals surface area contributed by atoms with Gasteiger partial charge in [-0.15, -0.1) is 0 Å². The van der Waals surface area contributed by atoms with Gasteiger partial charge in [0.2, 0.25) is 11.1 Å². The molecule has 0 saturated carbocycles. The van der Waals surface area contributed by atoms with Crippen molar-refractivity contribution in [3.8, 4) is 17.0 Å². The molecule has 1 aliphatic heterocycles. The number of esters is 1. The van der Waals surface area contributed by atoms with Crippen molar-refractivity contribution < 1.29 is 19.0 Å². The first-order chi connectivity index (χ1) is 16.3. The SMILES string of the molecule is CCCCSc1n[n+]2c(c(=O)[nH]1)-c1ccccc1N(C(C)=O)[C@@H]2c1cc(OC(C)=O)ccc1Br. The van der Waals surface area contributed by atoms with Crippen LogP contribution in [-0.2, 0) is 9.59 Å². The molecule has 0 bridgehead atoms. The highest BCUT2D eigenvalue weighted by molar-refractivity contribution is 9.10. The number of H-pyrrole nitrogens is 1. The minimum Gasteiger partial charge on any atom is -0.427 e. The number of para-hydroxylation sites is 1. The number of thioether (sulfide) groups is 1. The van der Waals surface area contributed by atoms with E-state index in [0.717, 1.165) is 18.6 Å². The number of amides is 1. The molecular weight excluding hydrogens is 520 g/mol. The number of benzene rings is 2. The number of halogens is 1. The number of nitrogens with one attached hydrogen (secondary N) is 1. The van der Waals surface area contributed by atoms with E-state index in [9.17, 15) is 14.4 Å². The van der Waals surface area contributed by atoms with Crippen molar-refractivity contribution in [1.29, 1.82) is 0 Å². The molecule has 0 fully saturated rings. The van der Waals surface area contributed by atoms with E-state index in [-0.39, 0.29) is 11.5 Å². The molecule has 0 spiro atoms. The summed E-state index contributed by atoms with van der Waals surface area (Å²) < 4.78 is 7.57. The van der Waals surface area contributed by atoms with Gasteiger partial charge in [0.15, 0.2) is 0 Å². The van der Waals surface area contributed by atoms with Crippen molar-refractivity contribution in [2.45, 2.75) is 44.9 Å². The molecule has 1 amide bonds. The maximum absolute atomic E-state index is 13.3. The Hall–Kier alpha value is -2.98. The molecule has 1 aliphatic rings. The van der Waals surface area contributed by atoms with Gasteiger partial charge >= 0.3 is 17.2 Å². The topological polar surface area (TPSA) is 96.2 Å². The maximum atomic E-state index is 13.3. The minimum atomic E-state index is -0.778. The zero-order valence-electron chi connectivity index (χ0n) is 19.0. The van der Waals surface area contributed by atoms with Crippen molar-refractivity contribution in [3.05, 3.63) is 62.9 Å². The number of hydrogen-bond acceptors (Lipinski definition) is 6. The molecule has 0 radical (unpaired) electrons. The van der Waals surface area contributed by atoms with E-state index in [4.69, 9.17) is 9.84 Å². The first-order valence-electron chi connectivity index (χ1n) is 10.9. The maximum Gasteiger partial charge on any atom is 0.325 e. The minimum absolute atomic E-state index is 0.220. The Morgan fingerprint density at radius 3 is 2.71 bits per heavy atom. The summed E-state index contributed by atoms with van der Waals surface area (Å²) in [6.45, 7) is 4.90. The predicted octanol–water partition coefficient (Wildman–Crippen LogP) is 4.22. The highest BCUT2D eigenvalue weighted by atomic mass is 79.9. The normalized spacial score (nSPS) is 14.4. The summed E-state index contributed by atoms with van der Waals surface area (Å²) in [4.78, 5) is 42.4. The lowest BCUT2D eigenvalue weighted by Gasteiger charge is -2.31. The summed E-state index contributed by atoms with van der Waals surface area (Å²) in [5.74, 6) is 0.463. The molecule has 176 valence electrons. The third kappa shape index (κ3) is 4.65. The average molecular weight is 544 g/mol. The lowest BCUT2D eigenvalue weighted by atomic mass is 10.0. The smallest absolute Gasteiger partial charge is 0.325 e. The monoisotopic (exact) mass is 543 g/mol. The van der Waals surface area contributed by atoms with Crippen molar-refractivity contribution >= 4 is 45.3 Å². The number of ether oxygens (including phenoxy) is 1. The molecule has 0 unspecified atom stereocenters. The Bertz CT molecular complexity index is 1330. The van der Waals surface area contributed by atoms with Gasteiger partial charge in [0.1, 0.15) is 5.75 Å². The molecule has 1 N–H and O–H groups in total. The van der Waals surface area contributed by atoms with E-state index in [2.05, 4.69) is 27.8 Å². The first kappa shape index (κ1) is 24.2. The third-order valence-corrected chi connectivity index (χ3v) is 7.01. The van der Waals surface area contributed by atoms with Crippen LogP contribution >= 0.6 is 27.7 Å². The van der Waals surface area contributed by atoms with Crippen LogP contribution in [0.25, 0.3) is 11.3 Å². The Labute approximate surface area is 209 Å². The Morgan fingerprint density at radius 1 is 1.24 bits per heavy atom. The molecule has 10 heteroatoms. The zero-order valence-corrected chi connectivity index (χ0v) is 21.4. The fraction of sp³-hybridized carbons (Fsp3) is 0.292. The number of aromatic nitrogens is 3. The number of nitrogens with zero attached hydrogens (tertiary/aromatic N) is 3. The van der Waals surface area contributed by atoms with Crippen molar-refractivity contribution in [2.24, 2.45) is 0 Å². The predicted molar refractivity (Wildman–Crippen MR) is 133 cm³/mol. The summed E-state index contributed by atoms with van der Waals surface area (Å²) in [5, 5.41) is 5.24. The molecule has 2 heterocycles. The second-order valence-electron chi connectivity index (χ2n) is 7.81. The van der Waals surface area contributed by atoms with E-state index < -0.39 is 12.1 Å². The second-order valence-corrected chi connectivity index (χ2v) is 9.75. The fourth-order valence-electron chi connectivity index (χ4n) is 3.92. The number of unbranched alkanes of at least 4 members (excludes halogenated alkanes) is 1. The lowest BCUT2D eigenvalue weighted by molar-refractivity contribution is -0.763. The first-order valence-corrected chi connectivity index (χ1v) is 12.7. The second kappa shape index (κ2) is 10.1. The Morgan fingerprint density at radius 2 is 2.00 bits per heavy atom. The number of aromatic amines is 1. The number of hydrogen-bond donors (Lipinski definition) is 1. The molecule has 4 rings (SSSR count). The number of rotatable bonds is 6. The van der Waals surface area contributed by atoms with Gasteiger partial charge in [-0.3, -0.25) is 19.4 Å². The molecule has 34 heavy (non-hydrogen) atoms. The Kier molecular flexibility index (Phi) is 7.18. The largest absolute Gasteiger partial charge is 0.427 e. The van der Waals surface area contributed by atoms with Crippen LogP contribution in [-0.4, -0.2) is 27.7 Å². The highest BCUT2D eigenvalue weighted by Gasteiger charge is 2.45. The van der Waals surface area contributed by atoms with Crippen LogP contribution in [0.15, 0.2) is 56.9 Å². The van der Waals surface area contributed by atoms with Crippen molar-refractivity contribution in [2.75, 3.05) is 10.7 Å². The van der Waals surface area contributed by atoms with Gasteiger partial charge in [0, 0.05) is 29.2 Å². The summed E-state index contributed by atoms with van der Waals surface area (Å²) in [6, 6.07) is 12.3. The average Bonchev–Trinajstić information content (AvgIpc) is 2.79. The summed E-state index contributed by atoms with van der Waals surface area (Å²) in [5.41, 5.74) is 1.89. The van der Waals surface area contributed by atoms with Crippen LogP contribution in [0.2, 0.25) is 0 Å². The van der Waals surface area contributed by atoms with Gasteiger partial charge in [-0.1, -0.05) is 53.2 Å². The summed E-state index contributed by atoms with van der Waals surface area (Å²) in [6.07, 6.45) is 1.23. The van der Waals surface area contributed by atoms with Gasteiger partial charge < -0.3 is 4.74 Å². The molecule has 0 saturated heterocycles. The molecule has 3 aromatic rings. The van der Waals surface area contributed by atoms with Crippen LogP contribution in [0.5, 0.6) is 5.75 Å². The van der Waals surface area contributed by atoms with E-state index >= 15 is 0 Å². The fourth-order valence-corrected chi connectivity index (χ4v) is 5.31. The number of fused-ring (bicyclic) bond motifs is 3. The molecule has 2 aromatic carbocycles. The molecule has 1 atom stereocenters. The van der Waals surface area contributed by atoms with E-state index in [1.54, 1.807) is 39.9 Å². The van der Waals surface area contributed by atoms with Crippen LogP contribution in [0.1, 0.15) is 45.3 Å². The third-order valence-electron chi connectivity index (χ3n) is 5.34. The summed E-state index contributed by atoms with van der Waals surface area (Å²) >= 11 is 5.04. The highest BCUT2D eigenvalue weighted by Crippen LogP contribution is 2.40. The molecule has 8 nitrogen and oxygen atoms in total. The standard InChI is InChI=1S/C24H23BrN4O4S/c1-4-5-12-34-24-26-22(32)21-17-8-6-7-9-20(17)28(14(2)30)23(29(21)27-24)18-13-16(33-15(3)31)10-11-19(18)25/h6-11,13,23H,4-5,12H2,1-3H3/p+1/t23-/m0/s1. The van der Waals surface area contributed by atoms with E-state index in [0.29, 0.717) is 37.9 Å². The van der Waals surface area contributed by atoms with Crippen LogP contribution in [0.3, 0.4) is 0 Å². The van der Waals surface area contributed by atoms with Gasteiger partial charge in [-0.2, -0.15) is 0 Å². The number of carbonyl (C=O) groups is 2. The number of anilines is 1. The van der Waals surface area contributed by atoms with Gasteiger partial charge in [0.05, 0.1) is 16.8 Å². The Balaban J connectivity index is 1.99.